The number of nitrogens with zero attached hydrogens (tertiary/aromatic N) is 1. The number of aromatic hydroxyl groups is 1. The van der Waals surface area contributed by atoms with Gasteiger partial charge in [-0.15, -0.1) is 0 Å². The fourth-order valence-electron chi connectivity index (χ4n) is 1.97. The molecule has 2 aromatic rings. The average molecular weight is 345 g/mol. The van der Waals surface area contributed by atoms with Crippen molar-refractivity contribution in [3.63, 3.8) is 0 Å². The highest BCUT2D eigenvalue weighted by Crippen LogP contribution is 2.28. The van der Waals surface area contributed by atoms with E-state index in [1.54, 1.807) is 25.3 Å². The zero-order valence-corrected chi connectivity index (χ0v) is 14.3. The highest BCUT2D eigenvalue weighted by molar-refractivity contribution is 7.80. The summed E-state index contributed by atoms with van der Waals surface area (Å²) in [5.41, 5.74) is 3.94. The second-order valence-corrected chi connectivity index (χ2v) is 5.06. The van der Waals surface area contributed by atoms with Crippen molar-refractivity contribution in [1.82, 2.24) is 5.43 Å². The third kappa shape index (κ3) is 4.60. The van der Waals surface area contributed by atoms with Gasteiger partial charge in [0.15, 0.2) is 16.6 Å². The molecule has 2 rings (SSSR count). The van der Waals surface area contributed by atoms with Crippen LogP contribution in [0.25, 0.3) is 0 Å². The Kier molecular flexibility index (Phi) is 6.39. The first-order valence-electron chi connectivity index (χ1n) is 7.33. The largest absolute Gasteiger partial charge is 0.504 e. The standard InChI is InChI=1S/C17H19N3O3S/c1-3-23-15-10-6-7-12(16(15)21)11-18-20-17(24)19-13-8-4-5-9-14(13)22-2/h4-11,21H,3H2,1-2H3,(H2,19,20,24). The van der Waals surface area contributed by atoms with Crippen molar-refractivity contribution in [3.8, 4) is 17.2 Å². The SMILES string of the molecule is CCOc1cccc(C=NNC(=S)Nc2ccccc2OC)c1O. The van der Waals surface area contributed by atoms with E-state index in [0.29, 0.717) is 28.8 Å². The van der Waals surface area contributed by atoms with Crippen LogP contribution in [-0.4, -0.2) is 30.2 Å². The summed E-state index contributed by atoms with van der Waals surface area (Å²) in [5, 5.41) is 17.4. The Morgan fingerprint density at radius 2 is 1.96 bits per heavy atom. The molecule has 0 aliphatic carbocycles. The van der Waals surface area contributed by atoms with E-state index in [9.17, 15) is 5.11 Å². The van der Waals surface area contributed by atoms with Crippen LogP contribution in [0.15, 0.2) is 47.6 Å². The van der Waals surface area contributed by atoms with Crippen molar-refractivity contribution < 1.29 is 14.6 Å². The lowest BCUT2D eigenvalue weighted by atomic mass is 10.2. The molecule has 126 valence electrons. The number of ether oxygens (including phenoxy) is 2. The van der Waals surface area contributed by atoms with E-state index in [4.69, 9.17) is 21.7 Å². The zero-order valence-electron chi connectivity index (χ0n) is 13.4. The van der Waals surface area contributed by atoms with Crippen molar-refractivity contribution in [3.05, 3.63) is 48.0 Å². The van der Waals surface area contributed by atoms with Gasteiger partial charge in [0.2, 0.25) is 0 Å². The highest BCUT2D eigenvalue weighted by Gasteiger charge is 2.06. The molecule has 0 heterocycles. The lowest BCUT2D eigenvalue weighted by Gasteiger charge is -2.11. The average Bonchev–Trinajstić information content (AvgIpc) is 2.59. The van der Waals surface area contributed by atoms with Crippen LogP contribution >= 0.6 is 12.2 Å². The monoisotopic (exact) mass is 345 g/mol. The summed E-state index contributed by atoms with van der Waals surface area (Å²) in [5.74, 6) is 1.12. The van der Waals surface area contributed by atoms with Crippen LogP contribution in [0.2, 0.25) is 0 Å². The fraction of sp³-hybridized carbons (Fsp3) is 0.176. The molecular weight excluding hydrogens is 326 g/mol. The van der Waals surface area contributed by atoms with Crippen molar-refractivity contribution in [2.45, 2.75) is 6.92 Å². The Morgan fingerprint density at radius 3 is 2.71 bits per heavy atom. The van der Waals surface area contributed by atoms with Gasteiger partial charge in [0.1, 0.15) is 5.75 Å². The summed E-state index contributed by atoms with van der Waals surface area (Å²) in [4.78, 5) is 0. The molecule has 3 N–H and O–H groups in total. The van der Waals surface area contributed by atoms with E-state index < -0.39 is 0 Å². The van der Waals surface area contributed by atoms with Gasteiger partial charge in [0.05, 0.1) is 25.6 Å². The predicted molar refractivity (Wildman–Crippen MR) is 99.2 cm³/mol. The molecule has 0 aromatic heterocycles. The molecule has 6 nitrogen and oxygen atoms in total. The van der Waals surface area contributed by atoms with Crippen LogP contribution in [0.1, 0.15) is 12.5 Å². The van der Waals surface area contributed by atoms with Crippen LogP contribution in [-0.2, 0) is 0 Å². The Bertz CT molecular complexity index is 735. The molecule has 0 saturated carbocycles. The molecule has 0 bridgehead atoms. The summed E-state index contributed by atoms with van der Waals surface area (Å²) in [7, 11) is 1.59. The minimum absolute atomic E-state index is 0.0357. The molecule has 2 aromatic carbocycles. The molecule has 0 radical (unpaired) electrons. The number of benzene rings is 2. The van der Waals surface area contributed by atoms with Gasteiger partial charge in [0, 0.05) is 5.56 Å². The van der Waals surface area contributed by atoms with E-state index in [1.165, 1.54) is 6.21 Å². The number of anilines is 1. The van der Waals surface area contributed by atoms with Crippen molar-refractivity contribution in [2.75, 3.05) is 19.0 Å². The smallest absolute Gasteiger partial charge is 0.191 e. The number of thiocarbonyl (C=S) groups is 1. The molecule has 0 aliphatic rings. The summed E-state index contributed by atoms with van der Waals surface area (Å²) in [6, 6.07) is 12.6. The Morgan fingerprint density at radius 1 is 1.21 bits per heavy atom. The van der Waals surface area contributed by atoms with Crippen LogP contribution in [0.4, 0.5) is 5.69 Å². The molecular formula is C17H19N3O3S. The number of nitrogens with one attached hydrogen (secondary N) is 2. The number of hydrazone groups is 1. The number of hydrogen-bond acceptors (Lipinski definition) is 5. The molecule has 7 heteroatoms. The van der Waals surface area contributed by atoms with Gasteiger partial charge < -0.3 is 19.9 Å². The molecule has 0 amide bonds. The van der Waals surface area contributed by atoms with Gasteiger partial charge in [0.25, 0.3) is 0 Å². The van der Waals surface area contributed by atoms with Gasteiger partial charge >= 0.3 is 0 Å². The molecule has 0 fully saturated rings. The van der Waals surface area contributed by atoms with Gasteiger partial charge in [-0.2, -0.15) is 5.10 Å². The molecule has 0 unspecified atom stereocenters. The van der Waals surface area contributed by atoms with Crippen molar-refractivity contribution >= 4 is 29.2 Å². The van der Waals surface area contributed by atoms with E-state index in [0.717, 1.165) is 5.69 Å². The Balaban J connectivity index is 1.99. The lowest BCUT2D eigenvalue weighted by Crippen LogP contribution is -2.24. The second-order valence-electron chi connectivity index (χ2n) is 4.65. The van der Waals surface area contributed by atoms with E-state index >= 15 is 0 Å². The summed E-state index contributed by atoms with van der Waals surface area (Å²) in [6.07, 6.45) is 1.47. The van der Waals surface area contributed by atoms with E-state index in [1.807, 2.05) is 31.2 Å². The third-order valence-corrected chi connectivity index (χ3v) is 3.25. The molecule has 0 spiro atoms. The first kappa shape index (κ1) is 17.6. The second kappa shape index (κ2) is 8.73. The minimum Gasteiger partial charge on any atom is -0.504 e. The van der Waals surface area contributed by atoms with Crippen molar-refractivity contribution in [2.24, 2.45) is 5.10 Å². The number of para-hydroxylation sites is 3. The summed E-state index contributed by atoms with van der Waals surface area (Å²) < 4.78 is 10.6. The van der Waals surface area contributed by atoms with E-state index in [2.05, 4.69) is 15.8 Å². The van der Waals surface area contributed by atoms with Crippen LogP contribution in [0.5, 0.6) is 17.2 Å². The molecule has 0 atom stereocenters. The number of phenolic OH excluding ortho intramolecular Hbond substituents is 1. The van der Waals surface area contributed by atoms with Crippen LogP contribution in [0.3, 0.4) is 0 Å². The number of methoxy groups -OCH3 is 1. The molecule has 24 heavy (non-hydrogen) atoms. The van der Waals surface area contributed by atoms with Crippen molar-refractivity contribution in [1.29, 1.82) is 0 Å². The van der Waals surface area contributed by atoms with Gasteiger partial charge in [-0.1, -0.05) is 18.2 Å². The quantitative estimate of drug-likeness (QED) is 0.424. The lowest BCUT2D eigenvalue weighted by molar-refractivity contribution is 0.318. The topological polar surface area (TPSA) is 75.1 Å². The summed E-state index contributed by atoms with van der Waals surface area (Å²) >= 11 is 5.18. The van der Waals surface area contributed by atoms with Gasteiger partial charge in [-0.05, 0) is 43.4 Å². The minimum atomic E-state index is 0.0357. The summed E-state index contributed by atoms with van der Waals surface area (Å²) in [6.45, 7) is 2.32. The Labute approximate surface area is 146 Å². The van der Waals surface area contributed by atoms with Crippen LogP contribution < -0.4 is 20.2 Å². The normalized spacial score (nSPS) is 10.4. The first-order valence-corrected chi connectivity index (χ1v) is 7.74. The maximum absolute atomic E-state index is 10.1. The Hall–Kier alpha value is -2.80. The predicted octanol–water partition coefficient (Wildman–Crippen LogP) is 3.12. The van der Waals surface area contributed by atoms with Gasteiger partial charge in [-0.3, -0.25) is 5.43 Å². The zero-order chi connectivity index (χ0) is 17.4. The highest BCUT2D eigenvalue weighted by atomic mass is 32.1. The number of rotatable bonds is 6. The maximum Gasteiger partial charge on any atom is 0.191 e. The fourth-order valence-corrected chi connectivity index (χ4v) is 2.14. The number of hydrogen-bond donors (Lipinski definition) is 3. The maximum atomic E-state index is 10.1. The number of phenols is 1. The van der Waals surface area contributed by atoms with E-state index in [-0.39, 0.29) is 5.75 Å². The third-order valence-electron chi connectivity index (χ3n) is 3.05. The van der Waals surface area contributed by atoms with Gasteiger partial charge in [-0.25, -0.2) is 0 Å². The molecule has 0 aliphatic heterocycles. The molecule has 0 saturated heterocycles. The van der Waals surface area contributed by atoms with Crippen LogP contribution in [0, 0.1) is 0 Å². The first-order chi connectivity index (χ1) is 11.7.